The summed E-state index contributed by atoms with van der Waals surface area (Å²) in [6.45, 7) is 4.19. The molecule has 0 N–H and O–H groups in total. The Hall–Kier alpha value is -1.33. The van der Waals surface area contributed by atoms with Crippen LogP contribution >= 0.6 is 0 Å². The van der Waals surface area contributed by atoms with Gasteiger partial charge in [-0.1, -0.05) is 29.8 Å². The van der Waals surface area contributed by atoms with E-state index in [9.17, 15) is 0 Å². The zero-order valence-electron chi connectivity index (χ0n) is 10.2. The molecule has 0 bridgehead atoms. The highest BCUT2D eigenvalue weighted by molar-refractivity contribution is 5.21. The van der Waals surface area contributed by atoms with Gasteiger partial charge in [-0.05, 0) is 38.9 Å². The van der Waals surface area contributed by atoms with Crippen LogP contribution in [-0.2, 0) is 6.42 Å². The Balaban J connectivity index is 2.23. The quantitative estimate of drug-likeness (QED) is 0.684. The molecule has 0 saturated heterocycles. The SMILES string of the molecule is Cc1ccc(CCN(C)CCCC#N)cc1. The summed E-state index contributed by atoms with van der Waals surface area (Å²) in [4.78, 5) is 2.29. The summed E-state index contributed by atoms with van der Waals surface area (Å²) in [5, 5.41) is 8.44. The molecule has 0 radical (unpaired) electrons. The molecule has 0 fully saturated rings. The maximum atomic E-state index is 8.44. The molecule has 86 valence electrons. The fraction of sp³-hybridized carbons (Fsp3) is 0.500. The highest BCUT2D eigenvalue weighted by Gasteiger charge is 1.99. The number of unbranched alkanes of at least 4 members (excludes halogenated alkanes) is 1. The van der Waals surface area contributed by atoms with Gasteiger partial charge in [-0.3, -0.25) is 0 Å². The Morgan fingerprint density at radius 1 is 1.19 bits per heavy atom. The second-order valence-electron chi connectivity index (χ2n) is 4.30. The Bertz CT molecular complexity index is 335. The van der Waals surface area contributed by atoms with Crippen LogP contribution in [0, 0.1) is 18.3 Å². The van der Waals surface area contributed by atoms with Gasteiger partial charge in [-0.2, -0.15) is 5.26 Å². The van der Waals surface area contributed by atoms with Gasteiger partial charge in [0.1, 0.15) is 0 Å². The highest BCUT2D eigenvalue weighted by Crippen LogP contribution is 2.04. The Morgan fingerprint density at radius 3 is 2.50 bits per heavy atom. The smallest absolute Gasteiger partial charge is 0.0622 e. The number of rotatable bonds is 6. The number of benzene rings is 1. The van der Waals surface area contributed by atoms with Crippen LogP contribution in [0.15, 0.2) is 24.3 Å². The lowest BCUT2D eigenvalue weighted by molar-refractivity contribution is 0.335. The first-order chi connectivity index (χ1) is 7.72. The second kappa shape index (κ2) is 7.03. The molecule has 0 unspecified atom stereocenters. The molecule has 1 aromatic carbocycles. The van der Waals surface area contributed by atoms with Gasteiger partial charge in [0.05, 0.1) is 6.07 Å². The number of nitriles is 1. The number of hydrogen-bond donors (Lipinski definition) is 0. The van der Waals surface area contributed by atoms with Crippen LogP contribution in [0.1, 0.15) is 24.0 Å². The standard InChI is InChI=1S/C14H20N2/c1-13-5-7-14(8-6-13)9-12-16(2)11-4-3-10-15/h5-8H,3-4,9,11-12H2,1-2H3. The molecular weight excluding hydrogens is 196 g/mol. The van der Waals surface area contributed by atoms with Crippen molar-refractivity contribution in [2.75, 3.05) is 20.1 Å². The fourth-order valence-electron chi connectivity index (χ4n) is 1.61. The van der Waals surface area contributed by atoms with E-state index in [1.165, 1.54) is 11.1 Å². The molecular formula is C14H20N2. The molecule has 0 atom stereocenters. The average Bonchev–Trinajstić information content (AvgIpc) is 2.29. The monoisotopic (exact) mass is 216 g/mol. The van der Waals surface area contributed by atoms with Crippen molar-refractivity contribution in [2.24, 2.45) is 0 Å². The number of nitrogens with zero attached hydrogens (tertiary/aromatic N) is 2. The number of aryl methyl sites for hydroxylation is 1. The first-order valence-corrected chi connectivity index (χ1v) is 5.83. The van der Waals surface area contributed by atoms with Crippen LogP contribution in [0.4, 0.5) is 0 Å². The summed E-state index contributed by atoms with van der Waals surface area (Å²) in [5.74, 6) is 0. The molecule has 2 heteroatoms. The molecule has 16 heavy (non-hydrogen) atoms. The van der Waals surface area contributed by atoms with Gasteiger partial charge in [-0.15, -0.1) is 0 Å². The largest absolute Gasteiger partial charge is 0.306 e. The Morgan fingerprint density at radius 2 is 1.88 bits per heavy atom. The van der Waals surface area contributed by atoms with Crippen molar-refractivity contribution in [3.8, 4) is 6.07 Å². The van der Waals surface area contributed by atoms with E-state index < -0.39 is 0 Å². The molecule has 2 nitrogen and oxygen atoms in total. The summed E-state index contributed by atoms with van der Waals surface area (Å²) >= 11 is 0. The van der Waals surface area contributed by atoms with E-state index in [1.807, 2.05) is 0 Å². The molecule has 0 spiro atoms. The summed E-state index contributed by atoms with van der Waals surface area (Å²) in [5.41, 5.74) is 2.70. The van der Waals surface area contributed by atoms with Gasteiger partial charge in [0, 0.05) is 13.0 Å². The molecule has 1 rings (SSSR count). The normalized spacial score (nSPS) is 10.4. The summed E-state index contributed by atoms with van der Waals surface area (Å²) < 4.78 is 0. The van der Waals surface area contributed by atoms with E-state index in [-0.39, 0.29) is 0 Å². The minimum Gasteiger partial charge on any atom is -0.306 e. The van der Waals surface area contributed by atoms with Crippen molar-refractivity contribution in [1.82, 2.24) is 4.90 Å². The predicted octanol–water partition coefficient (Wildman–Crippen LogP) is 2.77. The average molecular weight is 216 g/mol. The van der Waals surface area contributed by atoms with Crippen LogP contribution in [0.2, 0.25) is 0 Å². The first-order valence-electron chi connectivity index (χ1n) is 5.83. The van der Waals surface area contributed by atoms with Gasteiger partial charge in [-0.25, -0.2) is 0 Å². The van der Waals surface area contributed by atoms with Gasteiger partial charge in [0.25, 0.3) is 0 Å². The van der Waals surface area contributed by atoms with Crippen molar-refractivity contribution in [3.05, 3.63) is 35.4 Å². The summed E-state index contributed by atoms with van der Waals surface area (Å²) in [6, 6.07) is 10.9. The van der Waals surface area contributed by atoms with E-state index in [4.69, 9.17) is 5.26 Å². The predicted molar refractivity (Wildman–Crippen MR) is 67.2 cm³/mol. The van der Waals surface area contributed by atoms with Crippen molar-refractivity contribution >= 4 is 0 Å². The number of likely N-dealkylation sites (N-methyl/N-ethyl adjacent to an activating group) is 1. The zero-order valence-corrected chi connectivity index (χ0v) is 10.2. The lowest BCUT2D eigenvalue weighted by Crippen LogP contribution is -2.22. The second-order valence-corrected chi connectivity index (χ2v) is 4.30. The highest BCUT2D eigenvalue weighted by atomic mass is 15.1. The molecule has 1 aromatic rings. The van der Waals surface area contributed by atoms with Gasteiger partial charge >= 0.3 is 0 Å². The van der Waals surface area contributed by atoms with E-state index in [2.05, 4.69) is 49.2 Å². The maximum Gasteiger partial charge on any atom is 0.0622 e. The molecule has 0 saturated carbocycles. The molecule has 0 aliphatic heterocycles. The van der Waals surface area contributed by atoms with Crippen LogP contribution in [-0.4, -0.2) is 25.0 Å². The third-order valence-corrected chi connectivity index (χ3v) is 2.73. The van der Waals surface area contributed by atoms with Crippen molar-refractivity contribution in [3.63, 3.8) is 0 Å². The lowest BCUT2D eigenvalue weighted by atomic mass is 10.1. The fourth-order valence-corrected chi connectivity index (χ4v) is 1.61. The van der Waals surface area contributed by atoms with E-state index in [0.717, 1.165) is 25.9 Å². The van der Waals surface area contributed by atoms with Crippen LogP contribution in [0.3, 0.4) is 0 Å². The van der Waals surface area contributed by atoms with Crippen LogP contribution < -0.4 is 0 Å². The first kappa shape index (κ1) is 12.7. The molecule has 0 heterocycles. The van der Waals surface area contributed by atoms with Gasteiger partial charge < -0.3 is 4.90 Å². The molecule has 0 aromatic heterocycles. The Labute approximate surface area is 98.5 Å². The number of hydrogen-bond acceptors (Lipinski definition) is 2. The van der Waals surface area contributed by atoms with E-state index >= 15 is 0 Å². The van der Waals surface area contributed by atoms with Crippen molar-refractivity contribution in [2.45, 2.75) is 26.2 Å². The third kappa shape index (κ3) is 4.95. The summed E-state index contributed by atoms with van der Waals surface area (Å²) in [7, 11) is 2.12. The minimum atomic E-state index is 0.662. The molecule has 0 aliphatic rings. The topological polar surface area (TPSA) is 27.0 Å². The van der Waals surface area contributed by atoms with E-state index in [1.54, 1.807) is 0 Å². The van der Waals surface area contributed by atoms with Crippen molar-refractivity contribution in [1.29, 1.82) is 5.26 Å². The Kier molecular flexibility index (Phi) is 5.60. The zero-order chi connectivity index (χ0) is 11.8. The van der Waals surface area contributed by atoms with Crippen LogP contribution in [0.25, 0.3) is 0 Å². The molecule has 0 aliphatic carbocycles. The van der Waals surface area contributed by atoms with E-state index in [0.29, 0.717) is 6.42 Å². The third-order valence-electron chi connectivity index (χ3n) is 2.73. The minimum absolute atomic E-state index is 0.662. The molecule has 0 amide bonds. The lowest BCUT2D eigenvalue weighted by Gasteiger charge is -2.15. The van der Waals surface area contributed by atoms with Crippen LogP contribution in [0.5, 0.6) is 0 Å². The van der Waals surface area contributed by atoms with Gasteiger partial charge in [0.15, 0.2) is 0 Å². The maximum absolute atomic E-state index is 8.44. The summed E-state index contributed by atoms with van der Waals surface area (Å²) in [6.07, 6.45) is 2.72. The van der Waals surface area contributed by atoms with Crippen molar-refractivity contribution < 1.29 is 0 Å². The van der Waals surface area contributed by atoms with Gasteiger partial charge in [0.2, 0.25) is 0 Å².